The van der Waals surface area contributed by atoms with Gasteiger partial charge in [-0.15, -0.1) is 0 Å². The fourth-order valence-electron chi connectivity index (χ4n) is 0.826. The maximum Gasteiger partial charge on any atom is 0.123 e. The van der Waals surface area contributed by atoms with E-state index in [1.165, 1.54) is 12.1 Å². The Morgan fingerprint density at radius 1 is 1.27 bits per heavy atom. The van der Waals surface area contributed by atoms with Crippen molar-refractivity contribution >= 4 is 0 Å². The topological polar surface area (TPSA) is 29.4 Å². The molecule has 0 fully saturated rings. The van der Waals surface area contributed by atoms with E-state index in [0.717, 1.165) is 5.56 Å². The second-order valence-corrected chi connectivity index (χ2v) is 2.23. The summed E-state index contributed by atoms with van der Waals surface area (Å²) in [5, 5.41) is 2.71. The molecular weight excluding hydrogens is 145 g/mol. The first-order valence-electron chi connectivity index (χ1n) is 3.36. The van der Waals surface area contributed by atoms with E-state index < -0.39 is 0 Å². The summed E-state index contributed by atoms with van der Waals surface area (Å²) >= 11 is 0. The molecule has 0 amide bonds. The van der Waals surface area contributed by atoms with E-state index in [1.54, 1.807) is 12.1 Å². The van der Waals surface area contributed by atoms with Crippen LogP contribution in [0.15, 0.2) is 29.4 Å². The van der Waals surface area contributed by atoms with Crippen molar-refractivity contribution in [1.29, 1.82) is 0 Å². The SMILES string of the molecule is O=NCCc1ccc(F)cc1. The van der Waals surface area contributed by atoms with Crippen LogP contribution in [-0.2, 0) is 6.42 Å². The molecule has 0 heterocycles. The van der Waals surface area contributed by atoms with E-state index >= 15 is 0 Å². The van der Waals surface area contributed by atoms with Crippen molar-refractivity contribution in [2.75, 3.05) is 6.54 Å². The number of hydrogen-bond donors (Lipinski definition) is 0. The average Bonchev–Trinajstić information content (AvgIpc) is 2.04. The second-order valence-electron chi connectivity index (χ2n) is 2.23. The Bertz CT molecular complexity index is 232. The normalized spacial score (nSPS) is 9.55. The summed E-state index contributed by atoms with van der Waals surface area (Å²) in [7, 11) is 0. The van der Waals surface area contributed by atoms with Gasteiger partial charge in [0, 0.05) is 0 Å². The number of hydrogen-bond acceptors (Lipinski definition) is 2. The van der Waals surface area contributed by atoms with E-state index in [4.69, 9.17) is 0 Å². The second kappa shape index (κ2) is 3.81. The van der Waals surface area contributed by atoms with Crippen molar-refractivity contribution in [2.45, 2.75) is 6.42 Å². The fraction of sp³-hybridized carbons (Fsp3) is 0.250. The van der Waals surface area contributed by atoms with Crippen molar-refractivity contribution in [3.05, 3.63) is 40.6 Å². The van der Waals surface area contributed by atoms with Crippen LogP contribution in [-0.4, -0.2) is 6.54 Å². The molecule has 0 aliphatic carbocycles. The van der Waals surface area contributed by atoms with Crippen LogP contribution in [0.5, 0.6) is 0 Å². The van der Waals surface area contributed by atoms with Gasteiger partial charge in [-0.1, -0.05) is 17.3 Å². The number of rotatable bonds is 3. The smallest absolute Gasteiger partial charge is 0.123 e. The van der Waals surface area contributed by atoms with E-state index in [0.29, 0.717) is 6.42 Å². The van der Waals surface area contributed by atoms with Gasteiger partial charge in [-0.2, -0.15) is 4.91 Å². The van der Waals surface area contributed by atoms with Gasteiger partial charge in [0.25, 0.3) is 0 Å². The van der Waals surface area contributed by atoms with Gasteiger partial charge in [-0.3, -0.25) is 0 Å². The van der Waals surface area contributed by atoms with Crippen LogP contribution < -0.4 is 0 Å². The van der Waals surface area contributed by atoms with Gasteiger partial charge in [0.15, 0.2) is 0 Å². The molecule has 2 nitrogen and oxygen atoms in total. The third-order valence-electron chi connectivity index (χ3n) is 1.41. The Morgan fingerprint density at radius 2 is 1.91 bits per heavy atom. The van der Waals surface area contributed by atoms with Gasteiger partial charge in [0.2, 0.25) is 0 Å². The highest BCUT2D eigenvalue weighted by Gasteiger charge is 1.92. The molecule has 1 rings (SSSR count). The summed E-state index contributed by atoms with van der Waals surface area (Å²) in [4.78, 5) is 9.72. The minimum Gasteiger partial charge on any atom is -0.207 e. The zero-order valence-corrected chi connectivity index (χ0v) is 5.96. The Hall–Kier alpha value is -1.25. The van der Waals surface area contributed by atoms with Crippen molar-refractivity contribution < 1.29 is 4.39 Å². The molecule has 0 N–H and O–H groups in total. The fourth-order valence-corrected chi connectivity index (χ4v) is 0.826. The molecule has 0 aliphatic rings. The van der Waals surface area contributed by atoms with Crippen LogP contribution in [0.4, 0.5) is 4.39 Å². The molecule has 11 heavy (non-hydrogen) atoms. The lowest BCUT2D eigenvalue weighted by atomic mass is 10.1. The van der Waals surface area contributed by atoms with Crippen molar-refractivity contribution in [1.82, 2.24) is 0 Å². The van der Waals surface area contributed by atoms with Gasteiger partial charge >= 0.3 is 0 Å². The van der Waals surface area contributed by atoms with Crippen LogP contribution >= 0.6 is 0 Å². The largest absolute Gasteiger partial charge is 0.207 e. The van der Waals surface area contributed by atoms with E-state index in [-0.39, 0.29) is 12.4 Å². The zero-order chi connectivity index (χ0) is 8.10. The molecule has 0 saturated carbocycles. The Morgan fingerprint density at radius 3 is 2.45 bits per heavy atom. The molecule has 0 saturated heterocycles. The Balaban J connectivity index is 2.58. The minimum absolute atomic E-state index is 0.256. The predicted molar refractivity (Wildman–Crippen MR) is 40.8 cm³/mol. The molecule has 0 aromatic heterocycles. The maximum absolute atomic E-state index is 12.3. The molecule has 0 aliphatic heterocycles. The summed E-state index contributed by atoms with van der Waals surface area (Å²) in [5.41, 5.74) is 0.936. The summed E-state index contributed by atoms with van der Waals surface area (Å²) < 4.78 is 12.3. The van der Waals surface area contributed by atoms with Crippen LogP contribution in [0.25, 0.3) is 0 Å². The highest BCUT2D eigenvalue weighted by Crippen LogP contribution is 2.02. The third kappa shape index (κ3) is 2.45. The number of halogens is 1. The first kappa shape index (κ1) is 7.85. The minimum atomic E-state index is -0.257. The summed E-state index contributed by atoms with van der Waals surface area (Å²) in [6.45, 7) is 0.256. The quantitative estimate of drug-likeness (QED) is 0.611. The van der Waals surface area contributed by atoms with Gasteiger partial charge in [-0.05, 0) is 24.1 Å². The summed E-state index contributed by atoms with van der Waals surface area (Å²) in [5.74, 6) is -0.257. The van der Waals surface area contributed by atoms with Gasteiger partial charge < -0.3 is 0 Å². The molecule has 58 valence electrons. The first-order valence-corrected chi connectivity index (χ1v) is 3.36. The van der Waals surface area contributed by atoms with Crippen molar-refractivity contribution in [3.8, 4) is 0 Å². The molecule has 0 spiro atoms. The molecule has 0 radical (unpaired) electrons. The molecule has 0 unspecified atom stereocenters. The van der Waals surface area contributed by atoms with Gasteiger partial charge in [0.05, 0.1) is 6.54 Å². The van der Waals surface area contributed by atoms with Crippen LogP contribution in [0.1, 0.15) is 5.56 Å². The van der Waals surface area contributed by atoms with Gasteiger partial charge in [0.1, 0.15) is 5.82 Å². The molecule has 1 aromatic rings. The average molecular weight is 153 g/mol. The highest BCUT2D eigenvalue weighted by molar-refractivity contribution is 5.16. The van der Waals surface area contributed by atoms with Crippen LogP contribution in [0.2, 0.25) is 0 Å². The summed E-state index contributed by atoms with van der Waals surface area (Å²) in [6.07, 6.45) is 0.587. The standard InChI is InChI=1S/C8H8FNO/c9-8-3-1-7(2-4-8)5-6-10-11/h1-4H,5-6H2. The number of benzene rings is 1. The molecular formula is C8H8FNO. The third-order valence-corrected chi connectivity index (χ3v) is 1.41. The van der Waals surface area contributed by atoms with Crippen molar-refractivity contribution in [2.24, 2.45) is 5.18 Å². The molecule has 3 heteroatoms. The zero-order valence-electron chi connectivity index (χ0n) is 5.96. The lowest BCUT2D eigenvalue weighted by Crippen LogP contribution is -1.87. The number of nitrogens with zero attached hydrogens (tertiary/aromatic N) is 1. The van der Waals surface area contributed by atoms with E-state index in [2.05, 4.69) is 5.18 Å². The highest BCUT2D eigenvalue weighted by atomic mass is 19.1. The van der Waals surface area contributed by atoms with Crippen LogP contribution in [0.3, 0.4) is 0 Å². The molecule has 1 aromatic carbocycles. The predicted octanol–water partition coefficient (Wildman–Crippen LogP) is 2.13. The lowest BCUT2D eigenvalue weighted by molar-refractivity contribution is 0.627. The first-order chi connectivity index (χ1) is 5.33. The monoisotopic (exact) mass is 153 g/mol. The maximum atomic E-state index is 12.3. The summed E-state index contributed by atoms with van der Waals surface area (Å²) in [6, 6.07) is 6.06. The number of nitroso groups, excluding NO2 is 1. The van der Waals surface area contributed by atoms with E-state index in [9.17, 15) is 9.30 Å². The van der Waals surface area contributed by atoms with Gasteiger partial charge in [-0.25, -0.2) is 4.39 Å². The Kier molecular flexibility index (Phi) is 2.72. The molecule has 0 atom stereocenters. The Labute approximate surface area is 64.0 Å². The van der Waals surface area contributed by atoms with Crippen molar-refractivity contribution in [3.63, 3.8) is 0 Å². The van der Waals surface area contributed by atoms with Crippen LogP contribution in [0, 0.1) is 10.7 Å². The van der Waals surface area contributed by atoms with E-state index in [1.807, 2.05) is 0 Å². The molecule has 0 bridgehead atoms. The lowest BCUT2D eigenvalue weighted by Gasteiger charge is -1.94.